The fraction of sp³-hybridized carbons (Fsp3) is 0.318. The molecule has 33 heavy (non-hydrogen) atoms. The van der Waals surface area contributed by atoms with Crippen LogP contribution in [0.15, 0.2) is 44.7 Å². The van der Waals surface area contributed by atoms with Crippen molar-refractivity contribution in [3.8, 4) is 17.1 Å². The number of amides is 1. The number of carbonyl (C=O) groups is 1. The second-order valence-electron chi connectivity index (χ2n) is 8.16. The van der Waals surface area contributed by atoms with Crippen LogP contribution in [0.2, 0.25) is 0 Å². The van der Waals surface area contributed by atoms with Gasteiger partial charge < -0.3 is 19.1 Å². The predicted molar refractivity (Wildman–Crippen MR) is 118 cm³/mol. The molecule has 1 aliphatic rings. The number of benzene rings is 1. The number of fused-ring (bicyclic) bond motifs is 2. The minimum Gasteiger partial charge on any atom is -0.490 e. The molecule has 0 spiro atoms. The van der Waals surface area contributed by atoms with Crippen molar-refractivity contribution in [2.75, 3.05) is 0 Å². The molecule has 0 saturated carbocycles. The Morgan fingerprint density at radius 3 is 2.85 bits per heavy atom. The molecule has 5 rings (SSSR count). The molecule has 4 aromatic rings. The minimum atomic E-state index is -0.507. The molecule has 1 amide bonds. The molecular weight excluding hydrogens is 428 g/mol. The topological polar surface area (TPSA) is 126 Å². The highest BCUT2D eigenvalue weighted by atomic mass is 16.5. The Kier molecular flexibility index (Phi) is 4.88. The molecule has 3 aromatic heterocycles. The van der Waals surface area contributed by atoms with Crippen molar-refractivity contribution in [3.63, 3.8) is 0 Å². The van der Waals surface area contributed by atoms with Gasteiger partial charge in [-0.15, -0.1) is 0 Å². The number of rotatable bonds is 5. The third-order valence-corrected chi connectivity index (χ3v) is 5.74. The number of hydrogen-bond donors (Lipinski definition) is 1. The zero-order valence-corrected chi connectivity index (χ0v) is 18.4. The van der Waals surface area contributed by atoms with Crippen molar-refractivity contribution in [2.45, 2.75) is 32.5 Å². The maximum Gasteiger partial charge on any atom is 0.332 e. The van der Waals surface area contributed by atoms with Gasteiger partial charge in [-0.2, -0.15) is 0 Å². The SMILES string of the molecule is C[C@H]1Cc2ccc(-c3cc(CNC(=O)Cn4cnc5c4c(=O)n(C)c(=O)n5C)no3)cc2O1. The van der Waals surface area contributed by atoms with E-state index in [0.29, 0.717) is 11.5 Å². The number of nitrogens with one attached hydrogen (secondary N) is 1. The van der Waals surface area contributed by atoms with Crippen LogP contribution in [0.5, 0.6) is 5.75 Å². The zero-order valence-electron chi connectivity index (χ0n) is 18.4. The monoisotopic (exact) mass is 450 g/mol. The standard InChI is InChI=1S/C22H22N6O5/c1-12-6-13-4-5-14(7-16(13)32-12)17-8-15(25-33-17)9-23-18(29)10-28-11-24-20-19(28)21(30)27(3)22(31)26(20)2/h4-5,7-8,11-12H,6,9-10H2,1-3H3,(H,23,29)/t12-/m0/s1. The predicted octanol–water partition coefficient (Wildman–Crippen LogP) is 0.728. The molecule has 0 aliphatic carbocycles. The van der Waals surface area contributed by atoms with Crippen LogP contribution in [-0.4, -0.2) is 35.9 Å². The first-order chi connectivity index (χ1) is 15.8. The van der Waals surface area contributed by atoms with Crippen LogP contribution < -0.4 is 21.3 Å². The van der Waals surface area contributed by atoms with Crippen molar-refractivity contribution < 1.29 is 14.1 Å². The van der Waals surface area contributed by atoms with E-state index in [-0.39, 0.29) is 36.3 Å². The van der Waals surface area contributed by atoms with E-state index in [2.05, 4.69) is 15.5 Å². The van der Waals surface area contributed by atoms with Gasteiger partial charge in [-0.1, -0.05) is 17.3 Å². The van der Waals surface area contributed by atoms with Crippen LogP contribution in [0.3, 0.4) is 0 Å². The van der Waals surface area contributed by atoms with Gasteiger partial charge in [0.1, 0.15) is 24.1 Å². The Balaban J connectivity index is 1.28. The molecule has 4 heterocycles. The fourth-order valence-corrected chi connectivity index (χ4v) is 4.00. The zero-order chi connectivity index (χ0) is 23.3. The molecule has 0 saturated heterocycles. The number of imidazole rings is 1. The van der Waals surface area contributed by atoms with E-state index in [4.69, 9.17) is 9.26 Å². The highest BCUT2D eigenvalue weighted by Gasteiger charge is 2.20. The molecule has 11 nitrogen and oxygen atoms in total. The van der Waals surface area contributed by atoms with Gasteiger partial charge in [0.15, 0.2) is 16.9 Å². The van der Waals surface area contributed by atoms with Gasteiger partial charge >= 0.3 is 5.69 Å². The van der Waals surface area contributed by atoms with E-state index < -0.39 is 11.2 Å². The van der Waals surface area contributed by atoms with Crippen molar-refractivity contribution in [2.24, 2.45) is 14.1 Å². The Morgan fingerprint density at radius 2 is 2.03 bits per heavy atom. The molecule has 0 fully saturated rings. The van der Waals surface area contributed by atoms with Gasteiger partial charge in [0.05, 0.1) is 12.9 Å². The van der Waals surface area contributed by atoms with E-state index in [0.717, 1.165) is 22.3 Å². The van der Waals surface area contributed by atoms with Gasteiger partial charge in [-0.25, -0.2) is 9.78 Å². The van der Waals surface area contributed by atoms with Gasteiger partial charge in [-0.3, -0.25) is 18.7 Å². The molecule has 11 heteroatoms. The smallest absolute Gasteiger partial charge is 0.332 e. The van der Waals surface area contributed by atoms with Crippen LogP contribution in [-0.2, 0) is 38.4 Å². The number of ether oxygens (including phenoxy) is 1. The number of carbonyl (C=O) groups excluding carboxylic acids is 1. The molecule has 1 atom stereocenters. The Bertz CT molecular complexity index is 1510. The maximum absolute atomic E-state index is 12.5. The lowest BCUT2D eigenvalue weighted by Crippen LogP contribution is -2.38. The van der Waals surface area contributed by atoms with Crippen LogP contribution in [0.4, 0.5) is 0 Å². The summed E-state index contributed by atoms with van der Waals surface area (Å²) < 4.78 is 14.9. The average Bonchev–Trinajstić information content (AvgIpc) is 3.52. The lowest BCUT2D eigenvalue weighted by molar-refractivity contribution is -0.121. The molecule has 1 aromatic carbocycles. The minimum absolute atomic E-state index is 0.130. The summed E-state index contributed by atoms with van der Waals surface area (Å²) in [5, 5.41) is 6.79. The molecule has 0 bridgehead atoms. The summed E-state index contributed by atoms with van der Waals surface area (Å²) in [6, 6.07) is 7.67. The molecule has 0 unspecified atom stereocenters. The Hall–Kier alpha value is -4.15. The highest BCUT2D eigenvalue weighted by Crippen LogP contribution is 2.33. The lowest BCUT2D eigenvalue weighted by Gasteiger charge is -2.07. The summed E-state index contributed by atoms with van der Waals surface area (Å²) in [5.74, 6) is 1.09. The second kappa shape index (κ2) is 7.76. The first-order valence-corrected chi connectivity index (χ1v) is 10.4. The number of aryl methyl sites for hydroxylation is 1. The van der Waals surface area contributed by atoms with Crippen LogP contribution >= 0.6 is 0 Å². The van der Waals surface area contributed by atoms with E-state index in [1.165, 1.54) is 35.1 Å². The van der Waals surface area contributed by atoms with Crippen LogP contribution in [0, 0.1) is 0 Å². The summed E-state index contributed by atoms with van der Waals surface area (Å²) in [5.41, 5.74) is 2.00. The van der Waals surface area contributed by atoms with Crippen molar-refractivity contribution >= 4 is 17.1 Å². The quantitative estimate of drug-likeness (QED) is 0.475. The number of aromatic nitrogens is 5. The third-order valence-electron chi connectivity index (χ3n) is 5.74. The maximum atomic E-state index is 12.5. The first-order valence-electron chi connectivity index (χ1n) is 10.4. The van der Waals surface area contributed by atoms with Gasteiger partial charge in [0, 0.05) is 32.1 Å². The van der Waals surface area contributed by atoms with E-state index in [9.17, 15) is 14.4 Å². The summed E-state index contributed by atoms with van der Waals surface area (Å²) in [7, 11) is 2.91. The molecule has 1 N–H and O–H groups in total. The molecular formula is C22H22N6O5. The number of nitrogens with zero attached hydrogens (tertiary/aromatic N) is 5. The van der Waals surface area contributed by atoms with Gasteiger partial charge in [-0.05, 0) is 18.6 Å². The first kappa shape index (κ1) is 20.7. The lowest BCUT2D eigenvalue weighted by atomic mass is 10.1. The van der Waals surface area contributed by atoms with Crippen LogP contribution in [0.25, 0.3) is 22.5 Å². The number of hydrogen-bond acceptors (Lipinski definition) is 7. The highest BCUT2D eigenvalue weighted by molar-refractivity contribution is 5.78. The molecule has 0 radical (unpaired) electrons. The van der Waals surface area contributed by atoms with Crippen molar-refractivity contribution in [1.82, 2.24) is 29.2 Å². The summed E-state index contributed by atoms with van der Waals surface area (Å²) in [6.45, 7) is 2.05. The Labute approximate surface area is 187 Å². The summed E-state index contributed by atoms with van der Waals surface area (Å²) in [6.07, 6.45) is 2.42. The third kappa shape index (κ3) is 3.60. The fourth-order valence-electron chi connectivity index (χ4n) is 4.00. The normalized spacial score (nSPS) is 14.9. The van der Waals surface area contributed by atoms with E-state index >= 15 is 0 Å². The largest absolute Gasteiger partial charge is 0.490 e. The van der Waals surface area contributed by atoms with E-state index in [1.807, 2.05) is 25.1 Å². The Morgan fingerprint density at radius 1 is 1.21 bits per heavy atom. The molecule has 1 aliphatic heterocycles. The second-order valence-corrected chi connectivity index (χ2v) is 8.16. The van der Waals surface area contributed by atoms with Gasteiger partial charge in [0.2, 0.25) is 5.91 Å². The summed E-state index contributed by atoms with van der Waals surface area (Å²) in [4.78, 5) is 41.2. The van der Waals surface area contributed by atoms with Crippen molar-refractivity contribution in [3.05, 3.63) is 62.7 Å². The van der Waals surface area contributed by atoms with E-state index in [1.54, 1.807) is 6.07 Å². The van der Waals surface area contributed by atoms with Crippen LogP contribution in [0.1, 0.15) is 18.2 Å². The average molecular weight is 450 g/mol. The summed E-state index contributed by atoms with van der Waals surface area (Å²) >= 11 is 0. The van der Waals surface area contributed by atoms with Crippen molar-refractivity contribution in [1.29, 1.82) is 0 Å². The molecule has 170 valence electrons. The van der Waals surface area contributed by atoms with Gasteiger partial charge in [0.25, 0.3) is 5.56 Å².